The van der Waals surface area contributed by atoms with Crippen molar-refractivity contribution < 1.29 is 14.4 Å². The van der Waals surface area contributed by atoms with Crippen LogP contribution in [0.2, 0.25) is 0 Å². The molecule has 1 atom stereocenters. The van der Waals surface area contributed by atoms with E-state index in [0.717, 1.165) is 11.3 Å². The summed E-state index contributed by atoms with van der Waals surface area (Å²) in [5.74, 6) is 0.686. The third-order valence-electron chi connectivity index (χ3n) is 2.48. The van der Waals surface area contributed by atoms with Crippen molar-refractivity contribution in [3.05, 3.63) is 17.0 Å². The van der Waals surface area contributed by atoms with Gasteiger partial charge in [-0.3, -0.25) is 4.79 Å². The topological polar surface area (TPSA) is 75.4 Å². The first kappa shape index (κ1) is 12.7. The van der Waals surface area contributed by atoms with Gasteiger partial charge in [0.1, 0.15) is 5.76 Å². The maximum absolute atomic E-state index is 11.6. The minimum atomic E-state index is -0.0744. The monoisotopic (exact) mass is 226 g/mol. The Morgan fingerprint density at radius 2 is 2.25 bits per heavy atom. The Balaban J connectivity index is 2.46. The average Bonchev–Trinajstić information content (AvgIpc) is 2.57. The number of carbonyl (C=O) groups is 1. The van der Waals surface area contributed by atoms with E-state index < -0.39 is 0 Å². The lowest BCUT2D eigenvalue weighted by Crippen LogP contribution is -2.30. The van der Waals surface area contributed by atoms with Crippen LogP contribution in [0.1, 0.15) is 23.9 Å². The zero-order chi connectivity index (χ0) is 12.1. The van der Waals surface area contributed by atoms with Gasteiger partial charge in [0.25, 0.3) is 0 Å². The smallest absolute Gasteiger partial charge is 0.224 e. The average molecular weight is 226 g/mol. The van der Waals surface area contributed by atoms with Gasteiger partial charge in [0.05, 0.1) is 12.1 Å². The number of aryl methyl sites for hydroxylation is 2. The van der Waals surface area contributed by atoms with Gasteiger partial charge >= 0.3 is 0 Å². The Kier molecular flexibility index (Phi) is 4.49. The fourth-order valence-electron chi connectivity index (χ4n) is 1.33. The summed E-state index contributed by atoms with van der Waals surface area (Å²) in [5, 5.41) is 15.4. The fourth-order valence-corrected chi connectivity index (χ4v) is 1.33. The Bertz CT molecular complexity index is 341. The number of nitrogens with zero attached hydrogens (tertiary/aromatic N) is 1. The molecule has 16 heavy (non-hydrogen) atoms. The number of amides is 1. The van der Waals surface area contributed by atoms with Crippen LogP contribution in [0.25, 0.3) is 0 Å². The van der Waals surface area contributed by atoms with E-state index in [1.165, 1.54) is 0 Å². The van der Waals surface area contributed by atoms with Crippen molar-refractivity contribution in [1.29, 1.82) is 0 Å². The first-order chi connectivity index (χ1) is 7.54. The van der Waals surface area contributed by atoms with Gasteiger partial charge in [0.15, 0.2) is 0 Å². The summed E-state index contributed by atoms with van der Waals surface area (Å²) in [5.41, 5.74) is 1.59. The van der Waals surface area contributed by atoms with E-state index in [1.54, 1.807) is 6.92 Å². The molecule has 0 saturated carbocycles. The molecule has 0 fully saturated rings. The standard InChI is InChI=1S/C11H18N2O3/c1-7(6-14)5-12-11(15)4-10-8(2)13-16-9(10)3/h7,14H,4-6H2,1-3H3,(H,12,15). The number of nitrogens with one attached hydrogen (secondary N) is 1. The van der Waals surface area contributed by atoms with Crippen LogP contribution in [0.5, 0.6) is 0 Å². The molecule has 0 saturated heterocycles. The van der Waals surface area contributed by atoms with Gasteiger partial charge in [0.2, 0.25) is 5.91 Å². The van der Waals surface area contributed by atoms with Gasteiger partial charge in [-0.25, -0.2) is 0 Å². The van der Waals surface area contributed by atoms with Crippen LogP contribution in [0.15, 0.2) is 4.52 Å². The summed E-state index contributed by atoms with van der Waals surface area (Å²) in [6.45, 7) is 6.04. The van der Waals surface area contributed by atoms with Gasteiger partial charge in [0, 0.05) is 18.7 Å². The number of hydrogen-bond acceptors (Lipinski definition) is 4. The summed E-state index contributed by atoms with van der Waals surface area (Å²) in [7, 11) is 0. The molecule has 1 heterocycles. The lowest BCUT2D eigenvalue weighted by molar-refractivity contribution is -0.120. The van der Waals surface area contributed by atoms with E-state index in [0.29, 0.717) is 12.3 Å². The highest BCUT2D eigenvalue weighted by Crippen LogP contribution is 2.12. The first-order valence-electron chi connectivity index (χ1n) is 5.34. The zero-order valence-corrected chi connectivity index (χ0v) is 9.91. The number of carbonyl (C=O) groups excluding carboxylic acids is 1. The molecular formula is C11H18N2O3. The van der Waals surface area contributed by atoms with E-state index in [2.05, 4.69) is 10.5 Å². The molecule has 90 valence electrons. The summed E-state index contributed by atoms with van der Waals surface area (Å²) in [6, 6.07) is 0. The van der Waals surface area contributed by atoms with E-state index in [9.17, 15) is 4.79 Å². The Morgan fingerprint density at radius 1 is 1.56 bits per heavy atom. The van der Waals surface area contributed by atoms with E-state index >= 15 is 0 Å². The fraction of sp³-hybridized carbons (Fsp3) is 0.636. The molecule has 1 unspecified atom stereocenters. The van der Waals surface area contributed by atoms with Crippen LogP contribution in [-0.2, 0) is 11.2 Å². The number of aliphatic hydroxyl groups is 1. The summed E-state index contributed by atoms with van der Waals surface area (Å²) >= 11 is 0. The van der Waals surface area contributed by atoms with Crippen LogP contribution in [-0.4, -0.2) is 29.3 Å². The molecule has 5 heteroatoms. The molecule has 0 aliphatic rings. The summed E-state index contributed by atoms with van der Waals surface area (Å²) < 4.78 is 4.97. The predicted molar refractivity (Wildman–Crippen MR) is 58.9 cm³/mol. The molecule has 0 bridgehead atoms. The molecule has 1 amide bonds. The first-order valence-corrected chi connectivity index (χ1v) is 5.34. The normalized spacial score (nSPS) is 12.5. The minimum Gasteiger partial charge on any atom is -0.396 e. The number of hydrogen-bond donors (Lipinski definition) is 2. The molecular weight excluding hydrogens is 208 g/mol. The van der Waals surface area contributed by atoms with Crippen molar-refractivity contribution >= 4 is 5.91 Å². The third-order valence-corrected chi connectivity index (χ3v) is 2.48. The Labute approximate surface area is 94.8 Å². The van der Waals surface area contributed by atoms with Gasteiger partial charge in [-0.05, 0) is 19.8 Å². The Hall–Kier alpha value is -1.36. The van der Waals surface area contributed by atoms with Gasteiger partial charge in [-0.1, -0.05) is 12.1 Å². The molecule has 1 aromatic heterocycles. The molecule has 1 rings (SSSR count). The van der Waals surface area contributed by atoms with Crippen molar-refractivity contribution in [2.75, 3.05) is 13.2 Å². The highest BCUT2D eigenvalue weighted by Gasteiger charge is 2.13. The largest absolute Gasteiger partial charge is 0.396 e. The molecule has 2 N–H and O–H groups in total. The third kappa shape index (κ3) is 3.34. The van der Waals surface area contributed by atoms with Crippen LogP contribution in [0, 0.1) is 19.8 Å². The van der Waals surface area contributed by atoms with Crippen LogP contribution >= 0.6 is 0 Å². The Morgan fingerprint density at radius 3 is 2.75 bits per heavy atom. The van der Waals surface area contributed by atoms with Crippen molar-refractivity contribution in [1.82, 2.24) is 10.5 Å². The quantitative estimate of drug-likeness (QED) is 0.770. The van der Waals surface area contributed by atoms with E-state index in [1.807, 2.05) is 13.8 Å². The maximum atomic E-state index is 11.6. The molecule has 0 aliphatic carbocycles. The number of rotatable bonds is 5. The van der Waals surface area contributed by atoms with Crippen molar-refractivity contribution in [2.24, 2.45) is 5.92 Å². The minimum absolute atomic E-state index is 0.0744. The van der Waals surface area contributed by atoms with E-state index in [4.69, 9.17) is 9.63 Å². The molecule has 5 nitrogen and oxygen atoms in total. The summed E-state index contributed by atoms with van der Waals surface area (Å²) in [4.78, 5) is 11.6. The van der Waals surface area contributed by atoms with Gasteiger partial charge < -0.3 is 14.9 Å². The van der Waals surface area contributed by atoms with E-state index in [-0.39, 0.29) is 24.9 Å². The molecule has 0 aromatic carbocycles. The second kappa shape index (κ2) is 5.65. The van der Waals surface area contributed by atoms with Gasteiger partial charge in [-0.15, -0.1) is 0 Å². The number of aliphatic hydroxyl groups excluding tert-OH is 1. The van der Waals surface area contributed by atoms with Crippen LogP contribution in [0.3, 0.4) is 0 Å². The van der Waals surface area contributed by atoms with Crippen molar-refractivity contribution in [3.63, 3.8) is 0 Å². The SMILES string of the molecule is Cc1noc(C)c1CC(=O)NCC(C)CO. The lowest BCUT2D eigenvalue weighted by Gasteiger charge is -2.09. The second-order valence-corrected chi connectivity index (χ2v) is 4.07. The second-order valence-electron chi connectivity index (χ2n) is 4.07. The van der Waals surface area contributed by atoms with Crippen LogP contribution < -0.4 is 5.32 Å². The summed E-state index contributed by atoms with van der Waals surface area (Å²) in [6.07, 6.45) is 0.277. The lowest BCUT2D eigenvalue weighted by atomic mass is 10.1. The molecule has 0 aliphatic heterocycles. The van der Waals surface area contributed by atoms with Crippen molar-refractivity contribution in [2.45, 2.75) is 27.2 Å². The van der Waals surface area contributed by atoms with Crippen molar-refractivity contribution in [3.8, 4) is 0 Å². The highest BCUT2D eigenvalue weighted by atomic mass is 16.5. The van der Waals surface area contributed by atoms with Crippen LogP contribution in [0.4, 0.5) is 0 Å². The highest BCUT2D eigenvalue weighted by molar-refractivity contribution is 5.78. The predicted octanol–water partition coefficient (Wildman–Crippen LogP) is 0.579. The van der Waals surface area contributed by atoms with Gasteiger partial charge in [-0.2, -0.15) is 0 Å². The molecule has 0 spiro atoms. The molecule has 0 radical (unpaired) electrons. The zero-order valence-electron chi connectivity index (χ0n) is 9.91. The maximum Gasteiger partial charge on any atom is 0.224 e. The molecule has 1 aromatic rings. The number of aromatic nitrogens is 1.